The lowest BCUT2D eigenvalue weighted by Crippen LogP contribution is -2.54. The summed E-state index contributed by atoms with van der Waals surface area (Å²) in [6.07, 6.45) is 5.26. The van der Waals surface area contributed by atoms with Crippen molar-refractivity contribution in [2.45, 2.75) is 59.1 Å². The number of piperidine rings is 1. The molecule has 0 radical (unpaired) electrons. The van der Waals surface area contributed by atoms with Gasteiger partial charge >= 0.3 is 5.97 Å². The third-order valence-electron chi connectivity index (χ3n) is 8.04. The lowest BCUT2D eigenvalue weighted by atomic mass is 9.98. The van der Waals surface area contributed by atoms with Gasteiger partial charge in [-0.25, -0.2) is 17.9 Å². The fourth-order valence-corrected chi connectivity index (χ4v) is 6.10. The van der Waals surface area contributed by atoms with Gasteiger partial charge in [0, 0.05) is 29.4 Å². The largest absolute Gasteiger partial charge is 0.458 e. The van der Waals surface area contributed by atoms with Gasteiger partial charge in [0.1, 0.15) is 11.9 Å². The Labute approximate surface area is 251 Å². The summed E-state index contributed by atoms with van der Waals surface area (Å²) in [6, 6.07) is 6.13. The maximum atomic E-state index is 13.8. The summed E-state index contributed by atoms with van der Waals surface area (Å²) in [6.45, 7) is 9.54. The van der Waals surface area contributed by atoms with Crippen molar-refractivity contribution in [3.8, 4) is 0 Å². The van der Waals surface area contributed by atoms with E-state index in [1.807, 2.05) is 40.0 Å². The number of sulfonamides is 1. The molecule has 0 saturated carbocycles. The smallest absolute Gasteiger partial charge is 0.309 e. The molecule has 42 heavy (non-hydrogen) atoms. The highest BCUT2D eigenvalue weighted by Gasteiger charge is 2.35. The van der Waals surface area contributed by atoms with Crippen molar-refractivity contribution in [3.63, 3.8) is 0 Å². The van der Waals surface area contributed by atoms with E-state index in [0.717, 1.165) is 30.5 Å². The highest BCUT2D eigenvalue weighted by atomic mass is 35.5. The zero-order chi connectivity index (χ0) is 30.3. The number of hydrogen-bond acceptors (Lipinski definition) is 8. The molecule has 5 rings (SSSR count). The lowest BCUT2D eigenvalue weighted by molar-refractivity contribution is -0.156. The van der Waals surface area contributed by atoms with Crippen LogP contribution in [-0.4, -0.2) is 71.8 Å². The number of nitrogens with one attached hydrogen (secondary N) is 1. The first-order valence-corrected chi connectivity index (χ1v) is 16.5. The zero-order valence-electron chi connectivity index (χ0n) is 24.5. The van der Waals surface area contributed by atoms with Crippen molar-refractivity contribution in [2.75, 3.05) is 35.5 Å². The van der Waals surface area contributed by atoms with Gasteiger partial charge in [0.25, 0.3) is 5.91 Å². The van der Waals surface area contributed by atoms with Gasteiger partial charge in [-0.3, -0.25) is 14.3 Å². The summed E-state index contributed by atoms with van der Waals surface area (Å²) in [5.41, 5.74) is 2.68. The van der Waals surface area contributed by atoms with E-state index in [9.17, 15) is 18.0 Å². The number of esters is 1. The first-order valence-electron chi connectivity index (χ1n) is 14.2. The van der Waals surface area contributed by atoms with Crippen LogP contribution in [0.25, 0.3) is 5.65 Å². The van der Waals surface area contributed by atoms with Crippen LogP contribution in [0.2, 0.25) is 5.02 Å². The predicted molar refractivity (Wildman–Crippen MR) is 161 cm³/mol. The van der Waals surface area contributed by atoms with Crippen molar-refractivity contribution in [1.29, 1.82) is 0 Å². The minimum atomic E-state index is -3.61. The number of aryl methyl sites for hydroxylation is 1. The molecule has 2 atom stereocenters. The molecule has 2 aliphatic heterocycles. The molecule has 2 saturated heterocycles. The third-order valence-corrected chi connectivity index (χ3v) is 8.86. The van der Waals surface area contributed by atoms with Gasteiger partial charge in [0.15, 0.2) is 5.65 Å². The molecular weight excluding hydrogens is 580 g/mol. The Morgan fingerprint density at radius 1 is 1.14 bits per heavy atom. The Balaban J connectivity index is 1.36. The molecule has 11 nitrogen and oxygen atoms in total. The Bertz CT molecular complexity index is 1620. The van der Waals surface area contributed by atoms with Gasteiger partial charge in [-0.2, -0.15) is 5.10 Å². The number of fused-ring (bicyclic) bond motifs is 1. The van der Waals surface area contributed by atoms with Crippen molar-refractivity contribution in [3.05, 3.63) is 52.3 Å². The molecule has 1 N–H and O–H groups in total. The van der Waals surface area contributed by atoms with E-state index in [2.05, 4.69) is 9.62 Å². The Morgan fingerprint density at radius 2 is 1.88 bits per heavy atom. The highest BCUT2D eigenvalue weighted by molar-refractivity contribution is 7.92. The topological polar surface area (TPSA) is 126 Å². The molecule has 1 aromatic carbocycles. The second-order valence-electron chi connectivity index (χ2n) is 11.7. The highest BCUT2D eigenvalue weighted by Crippen LogP contribution is 2.35. The van der Waals surface area contributed by atoms with Crippen LogP contribution in [0.15, 0.2) is 30.5 Å². The summed E-state index contributed by atoms with van der Waals surface area (Å²) in [5, 5.41) is 5.13. The van der Waals surface area contributed by atoms with Crippen LogP contribution in [0.1, 0.15) is 67.7 Å². The van der Waals surface area contributed by atoms with Gasteiger partial charge in [-0.05, 0) is 50.3 Å². The number of rotatable bonds is 8. The van der Waals surface area contributed by atoms with Crippen LogP contribution in [0.4, 0.5) is 11.5 Å². The quantitative estimate of drug-likeness (QED) is 0.368. The van der Waals surface area contributed by atoms with Crippen LogP contribution in [0, 0.1) is 18.8 Å². The monoisotopic (exact) mass is 616 g/mol. The molecule has 13 heteroatoms. The number of amides is 1. The Morgan fingerprint density at radius 3 is 2.57 bits per heavy atom. The van der Waals surface area contributed by atoms with Crippen LogP contribution in [0.3, 0.4) is 0 Å². The number of carbonyl (C=O) groups is 2. The summed E-state index contributed by atoms with van der Waals surface area (Å²) in [7, 11) is -3.61. The Kier molecular flexibility index (Phi) is 8.39. The maximum absolute atomic E-state index is 13.8. The van der Waals surface area contributed by atoms with E-state index in [-0.39, 0.29) is 47.1 Å². The number of halogens is 1. The summed E-state index contributed by atoms with van der Waals surface area (Å²) in [4.78, 5) is 34.9. The first kappa shape index (κ1) is 30.1. The van der Waals surface area contributed by atoms with Gasteiger partial charge < -0.3 is 14.5 Å². The number of aromatic nitrogens is 3. The standard InChI is InChI=1S/C29H37ClN6O5S/c1-17(2)19(4)29(38)41-21-15-34(16-21)27-18(3)14-36-26(31-27)13-24(32-36)25-8-6-7-11-35(25)28(37)22-12-20(30)9-10-23(22)33-42(5,39)40/h9-10,12-14,17,19,21,25,33H,6-8,11,15-16H2,1-5H3/t19-,25-/m0/s1. The number of likely N-dealkylation sites (tertiary alicyclic amines) is 1. The predicted octanol–water partition coefficient (Wildman–Crippen LogP) is 4.45. The minimum Gasteiger partial charge on any atom is -0.458 e. The molecule has 0 spiro atoms. The van der Waals surface area contributed by atoms with Gasteiger partial charge in [-0.15, -0.1) is 0 Å². The number of ether oxygens (including phenoxy) is 1. The molecule has 0 aliphatic carbocycles. The van der Waals surface area contributed by atoms with E-state index >= 15 is 0 Å². The number of hydrogen-bond donors (Lipinski definition) is 1. The molecule has 4 heterocycles. The Hall–Kier alpha value is -3.38. The van der Waals surface area contributed by atoms with E-state index in [0.29, 0.717) is 42.4 Å². The molecule has 3 aromatic rings. The van der Waals surface area contributed by atoms with E-state index in [1.165, 1.54) is 12.1 Å². The molecule has 0 bridgehead atoms. The third kappa shape index (κ3) is 6.34. The van der Waals surface area contributed by atoms with Crippen LogP contribution >= 0.6 is 11.6 Å². The van der Waals surface area contributed by atoms with Gasteiger partial charge in [0.2, 0.25) is 10.0 Å². The second-order valence-corrected chi connectivity index (χ2v) is 13.9. The molecule has 1 amide bonds. The first-order chi connectivity index (χ1) is 19.8. The fourth-order valence-electron chi connectivity index (χ4n) is 5.35. The van der Waals surface area contributed by atoms with Crippen molar-refractivity contribution in [2.24, 2.45) is 11.8 Å². The lowest BCUT2D eigenvalue weighted by Gasteiger charge is -2.40. The second kappa shape index (κ2) is 11.7. The zero-order valence-corrected chi connectivity index (χ0v) is 26.1. The summed E-state index contributed by atoms with van der Waals surface area (Å²) >= 11 is 6.21. The van der Waals surface area contributed by atoms with Gasteiger partial charge in [-0.1, -0.05) is 32.4 Å². The number of nitrogens with zero attached hydrogens (tertiary/aromatic N) is 5. The van der Waals surface area contributed by atoms with Crippen molar-refractivity contribution >= 4 is 50.7 Å². The minimum absolute atomic E-state index is 0.145. The normalized spacial score (nSPS) is 18.7. The SMILES string of the molecule is Cc1cn2nc([C@@H]3CCCCN3C(=O)c3cc(Cl)ccc3NS(C)(=O)=O)cc2nc1N1CC(OC(=O)[C@@H](C)C(C)C)C1. The summed E-state index contributed by atoms with van der Waals surface area (Å²) < 4.78 is 33.7. The van der Waals surface area contributed by atoms with Crippen LogP contribution < -0.4 is 9.62 Å². The molecule has 2 aliphatic rings. The molecule has 226 valence electrons. The average molecular weight is 617 g/mol. The van der Waals surface area contributed by atoms with E-state index in [4.69, 9.17) is 26.4 Å². The van der Waals surface area contributed by atoms with Crippen molar-refractivity contribution < 1.29 is 22.7 Å². The maximum Gasteiger partial charge on any atom is 0.309 e. The molecule has 2 fully saturated rings. The number of benzene rings is 1. The van der Waals surface area contributed by atoms with Crippen LogP contribution in [0.5, 0.6) is 0 Å². The summed E-state index contributed by atoms with van der Waals surface area (Å²) in [5.74, 6) is 0.406. The molecule has 0 unspecified atom stereocenters. The van der Waals surface area contributed by atoms with Crippen molar-refractivity contribution in [1.82, 2.24) is 19.5 Å². The average Bonchev–Trinajstić information content (AvgIpc) is 3.32. The van der Waals surface area contributed by atoms with Gasteiger partial charge in [0.05, 0.1) is 48.2 Å². The number of anilines is 2. The fraction of sp³-hybridized carbons (Fsp3) is 0.517. The van der Waals surface area contributed by atoms with E-state index < -0.39 is 10.0 Å². The molecule has 2 aromatic heterocycles. The number of carbonyl (C=O) groups excluding carboxylic acids is 2. The molecular formula is C29H37ClN6O5S. The van der Waals surface area contributed by atoms with Crippen LogP contribution in [-0.2, 0) is 19.6 Å². The van der Waals surface area contributed by atoms with E-state index in [1.54, 1.807) is 15.5 Å².